The molecular formula is C17H22N2S. The molecule has 1 aromatic carbocycles. The Bertz CT molecular complexity index is 655. The van der Waals surface area contributed by atoms with Crippen LogP contribution in [0.3, 0.4) is 0 Å². The van der Waals surface area contributed by atoms with E-state index in [2.05, 4.69) is 45.9 Å². The van der Waals surface area contributed by atoms with Gasteiger partial charge in [-0.2, -0.15) is 0 Å². The minimum Gasteiger partial charge on any atom is -0.323 e. The molecule has 20 heavy (non-hydrogen) atoms. The molecular weight excluding hydrogens is 264 g/mol. The molecule has 0 saturated heterocycles. The Morgan fingerprint density at radius 1 is 1.30 bits per heavy atom. The van der Waals surface area contributed by atoms with Crippen LogP contribution in [0.2, 0.25) is 0 Å². The van der Waals surface area contributed by atoms with Gasteiger partial charge in [-0.1, -0.05) is 37.6 Å². The Labute approximate surface area is 125 Å². The standard InChI is InChI=1S/C17H22N2S/c1-10-5-6-12(11(2)7-10)16-19-14-9-17(3,4)8-13(18)15(14)20-16/h5-7,13H,8-9,18H2,1-4H3. The van der Waals surface area contributed by atoms with Gasteiger partial charge in [0, 0.05) is 16.5 Å². The van der Waals surface area contributed by atoms with Crippen molar-refractivity contribution in [1.82, 2.24) is 4.98 Å². The number of thiazole rings is 1. The highest BCUT2D eigenvalue weighted by molar-refractivity contribution is 7.15. The lowest BCUT2D eigenvalue weighted by atomic mass is 9.77. The summed E-state index contributed by atoms with van der Waals surface area (Å²) in [7, 11) is 0. The van der Waals surface area contributed by atoms with Gasteiger partial charge in [0.15, 0.2) is 0 Å². The number of hydrogen-bond donors (Lipinski definition) is 1. The summed E-state index contributed by atoms with van der Waals surface area (Å²) in [6.07, 6.45) is 2.09. The lowest BCUT2D eigenvalue weighted by molar-refractivity contribution is 0.282. The lowest BCUT2D eigenvalue weighted by Gasteiger charge is -2.32. The Hall–Kier alpha value is -1.19. The largest absolute Gasteiger partial charge is 0.323 e. The maximum Gasteiger partial charge on any atom is 0.124 e. The van der Waals surface area contributed by atoms with E-state index < -0.39 is 0 Å². The molecule has 1 heterocycles. The molecule has 0 radical (unpaired) electrons. The Morgan fingerprint density at radius 2 is 2.05 bits per heavy atom. The Kier molecular flexibility index (Phi) is 3.22. The van der Waals surface area contributed by atoms with Crippen molar-refractivity contribution in [3.05, 3.63) is 39.9 Å². The summed E-state index contributed by atoms with van der Waals surface area (Å²) in [5.74, 6) is 0. The first kappa shape index (κ1) is 13.8. The lowest BCUT2D eigenvalue weighted by Crippen LogP contribution is -2.28. The number of fused-ring (bicyclic) bond motifs is 1. The summed E-state index contributed by atoms with van der Waals surface area (Å²) in [6, 6.07) is 6.71. The molecule has 0 amide bonds. The van der Waals surface area contributed by atoms with Crippen LogP contribution in [0.25, 0.3) is 10.6 Å². The van der Waals surface area contributed by atoms with Gasteiger partial charge in [-0.25, -0.2) is 4.98 Å². The van der Waals surface area contributed by atoms with E-state index in [1.165, 1.54) is 27.3 Å². The maximum absolute atomic E-state index is 6.35. The second-order valence-corrected chi connectivity index (χ2v) is 7.83. The molecule has 0 spiro atoms. The summed E-state index contributed by atoms with van der Waals surface area (Å²) in [6.45, 7) is 8.85. The minimum absolute atomic E-state index is 0.144. The summed E-state index contributed by atoms with van der Waals surface area (Å²) < 4.78 is 0. The van der Waals surface area contributed by atoms with Gasteiger partial charge in [-0.15, -0.1) is 11.3 Å². The normalized spacial score (nSPS) is 20.8. The van der Waals surface area contributed by atoms with Gasteiger partial charge in [0.25, 0.3) is 0 Å². The number of aromatic nitrogens is 1. The van der Waals surface area contributed by atoms with Crippen LogP contribution in [-0.4, -0.2) is 4.98 Å². The zero-order valence-corrected chi connectivity index (χ0v) is 13.5. The van der Waals surface area contributed by atoms with Gasteiger partial charge in [0.05, 0.1) is 5.69 Å². The van der Waals surface area contributed by atoms with Gasteiger partial charge in [0.1, 0.15) is 5.01 Å². The van der Waals surface area contributed by atoms with Crippen molar-refractivity contribution in [2.45, 2.75) is 46.6 Å². The Morgan fingerprint density at radius 3 is 2.75 bits per heavy atom. The first-order chi connectivity index (χ1) is 9.35. The Balaban J connectivity index is 2.06. The molecule has 0 fully saturated rings. The number of nitrogens with two attached hydrogens (primary N) is 1. The molecule has 3 heteroatoms. The van der Waals surface area contributed by atoms with Crippen molar-refractivity contribution in [1.29, 1.82) is 0 Å². The first-order valence-corrected chi connectivity index (χ1v) is 8.00. The molecule has 1 aliphatic carbocycles. The van der Waals surface area contributed by atoms with Crippen molar-refractivity contribution in [3.63, 3.8) is 0 Å². The van der Waals surface area contributed by atoms with Gasteiger partial charge in [-0.3, -0.25) is 0 Å². The SMILES string of the molecule is Cc1ccc(-c2nc3c(s2)C(N)CC(C)(C)C3)c(C)c1. The average Bonchev–Trinajstić information content (AvgIpc) is 2.70. The quantitative estimate of drug-likeness (QED) is 0.844. The van der Waals surface area contributed by atoms with Crippen LogP contribution in [0.15, 0.2) is 18.2 Å². The predicted octanol–water partition coefficient (Wildman–Crippen LogP) is 4.40. The van der Waals surface area contributed by atoms with Crippen molar-refractivity contribution in [3.8, 4) is 10.6 Å². The van der Waals surface area contributed by atoms with E-state index in [4.69, 9.17) is 10.7 Å². The number of hydrogen-bond acceptors (Lipinski definition) is 3. The summed E-state index contributed by atoms with van der Waals surface area (Å²) in [5.41, 5.74) is 11.7. The maximum atomic E-state index is 6.35. The monoisotopic (exact) mass is 286 g/mol. The number of aryl methyl sites for hydroxylation is 2. The third-order valence-electron chi connectivity index (χ3n) is 4.10. The average molecular weight is 286 g/mol. The molecule has 1 unspecified atom stereocenters. The second kappa shape index (κ2) is 4.68. The van der Waals surface area contributed by atoms with Gasteiger partial charge in [0.2, 0.25) is 0 Å². The van der Waals surface area contributed by atoms with Crippen molar-refractivity contribution < 1.29 is 0 Å². The molecule has 3 rings (SSSR count). The van der Waals surface area contributed by atoms with E-state index in [1.54, 1.807) is 11.3 Å². The third-order valence-corrected chi connectivity index (χ3v) is 5.36. The fraction of sp³-hybridized carbons (Fsp3) is 0.471. The topological polar surface area (TPSA) is 38.9 Å². The van der Waals surface area contributed by atoms with E-state index in [9.17, 15) is 0 Å². The third kappa shape index (κ3) is 2.40. The van der Waals surface area contributed by atoms with Crippen molar-refractivity contribution >= 4 is 11.3 Å². The molecule has 1 aliphatic rings. The molecule has 2 nitrogen and oxygen atoms in total. The first-order valence-electron chi connectivity index (χ1n) is 7.18. The molecule has 106 valence electrons. The van der Waals surface area contributed by atoms with Crippen LogP contribution in [0, 0.1) is 19.3 Å². The molecule has 1 atom stereocenters. The summed E-state index contributed by atoms with van der Waals surface area (Å²) >= 11 is 1.78. The van der Waals surface area contributed by atoms with E-state index in [0.717, 1.165) is 17.8 Å². The highest BCUT2D eigenvalue weighted by atomic mass is 32.1. The smallest absolute Gasteiger partial charge is 0.124 e. The fourth-order valence-electron chi connectivity index (χ4n) is 3.16. The van der Waals surface area contributed by atoms with Gasteiger partial charge in [-0.05, 0) is 37.7 Å². The van der Waals surface area contributed by atoms with E-state index in [0.29, 0.717) is 0 Å². The minimum atomic E-state index is 0.144. The van der Waals surface area contributed by atoms with Crippen LogP contribution in [-0.2, 0) is 6.42 Å². The highest BCUT2D eigenvalue weighted by Crippen LogP contribution is 2.44. The van der Waals surface area contributed by atoms with E-state index >= 15 is 0 Å². The predicted molar refractivity (Wildman–Crippen MR) is 86.1 cm³/mol. The van der Waals surface area contributed by atoms with Crippen molar-refractivity contribution in [2.75, 3.05) is 0 Å². The number of rotatable bonds is 1. The zero-order chi connectivity index (χ0) is 14.5. The molecule has 2 aromatic rings. The molecule has 2 N–H and O–H groups in total. The summed E-state index contributed by atoms with van der Waals surface area (Å²) in [4.78, 5) is 6.19. The molecule has 1 aromatic heterocycles. The van der Waals surface area contributed by atoms with Crippen LogP contribution >= 0.6 is 11.3 Å². The van der Waals surface area contributed by atoms with E-state index in [1.807, 2.05) is 0 Å². The number of benzene rings is 1. The van der Waals surface area contributed by atoms with Crippen LogP contribution < -0.4 is 5.73 Å². The molecule has 0 saturated carbocycles. The number of nitrogens with zero attached hydrogens (tertiary/aromatic N) is 1. The van der Waals surface area contributed by atoms with Crippen LogP contribution in [0.4, 0.5) is 0 Å². The summed E-state index contributed by atoms with van der Waals surface area (Å²) in [5, 5.41) is 1.13. The van der Waals surface area contributed by atoms with Gasteiger partial charge >= 0.3 is 0 Å². The van der Waals surface area contributed by atoms with Crippen LogP contribution in [0.5, 0.6) is 0 Å². The van der Waals surface area contributed by atoms with E-state index in [-0.39, 0.29) is 11.5 Å². The fourth-order valence-corrected chi connectivity index (χ4v) is 4.34. The molecule has 0 aliphatic heterocycles. The zero-order valence-electron chi connectivity index (χ0n) is 12.7. The highest BCUT2D eigenvalue weighted by Gasteiger charge is 2.33. The molecule has 0 bridgehead atoms. The second-order valence-electron chi connectivity index (χ2n) is 6.80. The van der Waals surface area contributed by atoms with Crippen molar-refractivity contribution in [2.24, 2.45) is 11.1 Å². The van der Waals surface area contributed by atoms with Gasteiger partial charge < -0.3 is 5.73 Å². The van der Waals surface area contributed by atoms with Crippen LogP contribution in [0.1, 0.15) is 48.0 Å².